The molecule has 1 heterocycles. The molecular weight excluding hydrogens is 330 g/mol. The summed E-state index contributed by atoms with van der Waals surface area (Å²) in [5, 5.41) is 7.32. The van der Waals surface area contributed by atoms with Gasteiger partial charge in [-0.25, -0.2) is 0 Å². The molecule has 1 aromatic heterocycles. The van der Waals surface area contributed by atoms with E-state index in [1.54, 1.807) is 4.68 Å². The summed E-state index contributed by atoms with van der Waals surface area (Å²) in [6.07, 6.45) is 0.142. The highest BCUT2D eigenvalue weighted by atomic mass is 16.5. The highest BCUT2D eigenvalue weighted by Crippen LogP contribution is 2.19. The van der Waals surface area contributed by atoms with Gasteiger partial charge in [-0.05, 0) is 33.3 Å². The van der Waals surface area contributed by atoms with Crippen molar-refractivity contribution in [3.63, 3.8) is 0 Å². The van der Waals surface area contributed by atoms with E-state index >= 15 is 0 Å². The second-order valence-electron chi connectivity index (χ2n) is 6.72. The predicted molar refractivity (Wildman–Crippen MR) is 99.6 cm³/mol. The Balaban J connectivity index is 2.12. The fourth-order valence-corrected chi connectivity index (χ4v) is 2.89. The topological polar surface area (TPSA) is 73.2 Å². The first kappa shape index (κ1) is 19.7. The van der Waals surface area contributed by atoms with Gasteiger partial charge in [0, 0.05) is 18.3 Å². The summed E-state index contributed by atoms with van der Waals surface area (Å²) < 4.78 is 7.01. The molecule has 6 nitrogen and oxygen atoms in total. The normalized spacial score (nSPS) is 12.1. The molecule has 0 fully saturated rings. The van der Waals surface area contributed by atoms with Crippen LogP contribution in [0.1, 0.15) is 48.8 Å². The number of carbonyl (C=O) groups excluding carboxylic acids is 2. The van der Waals surface area contributed by atoms with E-state index in [1.807, 2.05) is 65.1 Å². The van der Waals surface area contributed by atoms with Crippen molar-refractivity contribution in [2.75, 3.05) is 0 Å². The van der Waals surface area contributed by atoms with E-state index < -0.39 is 6.04 Å². The summed E-state index contributed by atoms with van der Waals surface area (Å²) >= 11 is 0. The van der Waals surface area contributed by atoms with Crippen LogP contribution in [0.25, 0.3) is 0 Å². The second-order valence-corrected chi connectivity index (χ2v) is 6.72. The molecule has 1 unspecified atom stereocenters. The summed E-state index contributed by atoms with van der Waals surface area (Å²) in [4.78, 5) is 24.7. The maximum Gasteiger partial charge on any atom is 0.308 e. The molecule has 0 aliphatic rings. The molecule has 2 rings (SSSR count). The number of nitrogens with zero attached hydrogens (tertiary/aromatic N) is 2. The van der Waals surface area contributed by atoms with Crippen LogP contribution in [0.3, 0.4) is 0 Å². The lowest BCUT2D eigenvalue weighted by molar-refractivity contribution is -0.148. The number of aromatic nitrogens is 2. The van der Waals surface area contributed by atoms with Crippen LogP contribution in [0.5, 0.6) is 0 Å². The van der Waals surface area contributed by atoms with Gasteiger partial charge in [0.05, 0.1) is 30.7 Å². The quantitative estimate of drug-likeness (QED) is 0.774. The first-order valence-electron chi connectivity index (χ1n) is 8.80. The van der Waals surface area contributed by atoms with Crippen molar-refractivity contribution in [1.82, 2.24) is 15.1 Å². The largest absolute Gasteiger partial charge is 0.463 e. The van der Waals surface area contributed by atoms with Gasteiger partial charge in [0.25, 0.3) is 0 Å². The minimum absolute atomic E-state index is 0.0962. The van der Waals surface area contributed by atoms with E-state index in [-0.39, 0.29) is 30.8 Å². The first-order chi connectivity index (χ1) is 12.3. The highest BCUT2D eigenvalue weighted by molar-refractivity contribution is 5.80. The van der Waals surface area contributed by atoms with E-state index in [9.17, 15) is 9.59 Å². The molecule has 0 aliphatic carbocycles. The Bertz CT molecular complexity index is 766. The van der Waals surface area contributed by atoms with Gasteiger partial charge >= 0.3 is 5.97 Å². The Kier molecular flexibility index (Phi) is 6.55. The van der Waals surface area contributed by atoms with Crippen molar-refractivity contribution in [3.05, 3.63) is 52.8 Å². The number of esters is 1. The van der Waals surface area contributed by atoms with Crippen LogP contribution in [0, 0.1) is 13.8 Å². The van der Waals surface area contributed by atoms with Gasteiger partial charge in [-0.15, -0.1) is 0 Å². The summed E-state index contributed by atoms with van der Waals surface area (Å²) in [7, 11) is 1.86. The van der Waals surface area contributed by atoms with Gasteiger partial charge in [-0.1, -0.05) is 30.3 Å². The van der Waals surface area contributed by atoms with Crippen molar-refractivity contribution in [2.45, 2.75) is 52.7 Å². The van der Waals surface area contributed by atoms with Crippen LogP contribution < -0.4 is 5.32 Å². The Morgan fingerprint density at radius 1 is 1.19 bits per heavy atom. The lowest BCUT2D eigenvalue weighted by Crippen LogP contribution is -2.32. The average molecular weight is 357 g/mol. The number of aryl methyl sites for hydroxylation is 2. The second kappa shape index (κ2) is 8.65. The van der Waals surface area contributed by atoms with E-state index in [2.05, 4.69) is 10.4 Å². The standard InChI is InChI=1S/C20H27N3O3/c1-13(2)26-20(25)12-18(16-9-7-6-8-10-16)21-19(24)11-17-14(3)22-23(5)15(17)4/h6-10,13,18H,11-12H2,1-5H3,(H,21,24). The molecule has 0 bridgehead atoms. The zero-order valence-electron chi connectivity index (χ0n) is 16.1. The molecule has 0 saturated heterocycles. The molecule has 0 radical (unpaired) electrons. The molecule has 0 saturated carbocycles. The van der Waals surface area contributed by atoms with Gasteiger partial charge in [0.15, 0.2) is 0 Å². The highest BCUT2D eigenvalue weighted by Gasteiger charge is 2.21. The van der Waals surface area contributed by atoms with Crippen molar-refractivity contribution >= 4 is 11.9 Å². The molecule has 26 heavy (non-hydrogen) atoms. The molecule has 1 atom stereocenters. The zero-order chi connectivity index (χ0) is 19.3. The van der Waals surface area contributed by atoms with Crippen molar-refractivity contribution in [2.24, 2.45) is 7.05 Å². The fourth-order valence-electron chi connectivity index (χ4n) is 2.89. The molecule has 2 aromatic rings. The summed E-state index contributed by atoms with van der Waals surface area (Å²) in [6.45, 7) is 7.45. The molecule has 140 valence electrons. The number of hydrogen-bond acceptors (Lipinski definition) is 4. The Hall–Kier alpha value is -2.63. The number of benzene rings is 1. The molecule has 1 aromatic carbocycles. The summed E-state index contributed by atoms with van der Waals surface area (Å²) in [6, 6.07) is 9.04. The van der Waals surface area contributed by atoms with Gasteiger partial charge < -0.3 is 10.1 Å². The lowest BCUT2D eigenvalue weighted by atomic mass is 10.0. The Morgan fingerprint density at radius 2 is 1.85 bits per heavy atom. The lowest BCUT2D eigenvalue weighted by Gasteiger charge is -2.19. The van der Waals surface area contributed by atoms with Crippen LogP contribution in [0.15, 0.2) is 30.3 Å². The average Bonchev–Trinajstić information content (AvgIpc) is 2.80. The Morgan fingerprint density at radius 3 is 2.38 bits per heavy atom. The van der Waals surface area contributed by atoms with Crippen LogP contribution in [-0.2, 0) is 27.8 Å². The monoisotopic (exact) mass is 357 g/mol. The van der Waals surface area contributed by atoms with E-state index in [0.717, 1.165) is 22.5 Å². The maximum absolute atomic E-state index is 12.6. The van der Waals surface area contributed by atoms with Crippen molar-refractivity contribution in [3.8, 4) is 0 Å². The Labute approximate surface area is 154 Å². The minimum Gasteiger partial charge on any atom is -0.463 e. The molecule has 0 aliphatic heterocycles. The maximum atomic E-state index is 12.6. The number of nitrogens with one attached hydrogen (secondary N) is 1. The number of carbonyl (C=O) groups is 2. The van der Waals surface area contributed by atoms with E-state index in [4.69, 9.17) is 4.74 Å². The van der Waals surface area contributed by atoms with Crippen LogP contribution in [-0.4, -0.2) is 27.8 Å². The zero-order valence-corrected chi connectivity index (χ0v) is 16.1. The summed E-state index contributed by atoms with van der Waals surface area (Å²) in [5.41, 5.74) is 3.60. The first-order valence-corrected chi connectivity index (χ1v) is 8.80. The van der Waals surface area contributed by atoms with Crippen LogP contribution in [0.2, 0.25) is 0 Å². The van der Waals surface area contributed by atoms with Gasteiger partial charge in [-0.3, -0.25) is 14.3 Å². The third-order valence-electron chi connectivity index (χ3n) is 4.27. The molecular formula is C20H27N3O3. The summed E-state index contributed by atoms with van der Waals surface area (Å²) in [5.74, 6) is -0.474. The molecule has 1 amide bonds. The predicted octanol–water partition coefficient (Wildman–Crippen LogP) is 2.78. The molecule has 0 spiro atoms. The van der Waals surface area contributed by atoms with Gasteiger partial charge in [0.2, 0.25) is 5.91 Å². The number of hydrogen-bond donors (Lipinski definition) is 1. The number of amides is 1. The smallest absolute Gasteiger partial charge is 0.308 e. The van der Waals surface area contributed by atoms with E-state index in [0.29, 0.717) is 0 Å². The minimum atomic E-state index is -0.424. The third-order valence-corrected chi connectivity index (χ3v) is 4.27. The van der Waals surface area contributed by atoms with E-state index in [1.165, 1.54) is 0 Å². The van der Waals surface area contributed by atoms with Gasteiger partial charge in [-0.2, -0.15) is 5.10 Å². The SMILES string of the molecule is Cc1nn(C)c(C)c1CC(=O)NC(CC(=O)OC(C)C)c1ccccc1. The molecule has 6 heteroatoms. The third kappa shape index (κ3) is 5.18. The van der Waals surface area contributed by atoms with Crippen molar-refractivity contribution in [1.29, 1.82) is 0 Å². The number of rotatable bonds is 7. The molecule has 1 N–H and O–H groups in total. The van der Waals surface area contributed by atoms with Crippen LogP contribution >= 0.6 is 0 Å². The van der Waals surface area contributed by atoms with Crippen molar-refractivity contribution < 1.29 is 14.3 Å². The fraction of sp³-hybridized carbons (Fsp3) is 0.450. The number of ether oxygens (including phenoxy) is 1. The van der Waals surface area contributed by atoms with Crippen LogP contribution in [0.4, 0.5) is 0 Å². The van der Waals surface area contributed by atoms with Gasteiger partial charge in [0.1, 0.15) is 0 Å².